The van der Waals surface area contributed by atoms with Crippen LogP contribution in [0.15, 0.2) is 0 Å². The lowest BCUT2D eigenvalue weighted by Gasteiger charge is -2.23. The summed E-state index contributed by atoms with van der Waals surface area (Å²) in [4.78, 5) is 64.8. The van der Waals surface area contributed by atoms with Crippen LogP contribution in [0.4, 0.5) is 0 Å². The van der Waals surface area contributed by atoms with Gasteiger partial charge in [-0.25, -0.2) is 4.79 Å². The molecule has 1 saturated heterocycles. The molecule has 0 aliphatic carbocycles. The number of nitrogens with zero attached hydrogens (tertiary/aromatic N) is 2. The lowest BCUT2D eigenvalue weighted by molar-refractivity contribution is -0.197. The van der Waals surface area contributed by atoms with Gasteiger partial charge in [0.1, 0.15) is 0 Å². The normalized spacial score (nSPS) is 17.6. The Morgan fingerprint density at radius 2 is 1.84 bits per heavy atom. The van der Waals surface area contributed by atoms with E-state index in [9.17, 15) is 32.4 Å². The smallest absolute Gasteiger partial charge is 0.334 e. The molecule has 0 aromatic carbocycles. The van der Waals surface area contributed by atoms with Crippen molar-refractivity contribution in [1.29, 1.82) is 0 Å². The topological polar surface area (TPSA) is 179 Å². The first kappa shape index (κ1) is 26.5. The van der Waals surface area contributed by atoms with Crippen molar-refractivity contribution in [2.45, 2.75) is 50.3 Å². The minimum Gasteiger partial charge on any atom is -0.356 e. The summed E-state index contributed by atoms with van der Waals surface area (Å²) in [5, 5.41) is 3.24. The zero-order valence-electron chi connectivity index (χ0n) is 17.6. The third-order valence-corrected chi connectivity index (χ3v) is 5.53. The molecule has 0 saturated carbocycles. The van der Waals surface area contributed by atoms with E-state index in [-0.39, 0.29) is 29.8 Å². The van der Waals surface area contributed by atoms with Gasteiger partial charge in [-0.3, -0.25) is 28.6 Å². The standard InChI is InChI=1S/C17H28N4O9S/c1-11(22)18-8-5-4-6-12(20(2)3)16(25)19-9-7-15(24)30-21-14(23)10-13(17(21)26)31(27,28)29/h12-13H,4-10H2,1-3H3,(H,18,22)(H,19,25)(H,27,28,29). The van der Waals surface area contributed by atoms with Crippen molar-refractivity contribution in [3.05, 3.63) is 0 Å². The van der Waals surface area contributed by atoms with Crippen LogP contribution in [0, 0.1) is 0 Å². The van der Waals surface area contributed by atoms with Crippen molar-refractivity contribution >= 4 is 39.7 Å². The van der Waals surface area contributed by atoms with E-state index in [1.807, 2.05) is 0 Å². The quantitative estimate of drug-likeness (QED) is 0.169. The van der Waals surface area contributed by atoms with E-state index in [2.05, 4.69) is 15.5 Å². The molecular weight excluding hydrogens is 436 g/mol. The summed E-state index contributed by atoms with van der Waals surface area (Å²) in [7, 11) is -1.35. The molecule has 1 fully saturated rings. The van der Waals surface area contributed by atoms with E-state index in [0.717, 1.165) is 0 Å². The molecule has 1 aliphatic heterocycles. The largest absolute Gasteiger partial charge is 0.356 e. The number of likely N-dealkylation sites (N-methyl/N-ethyl adjacent to an activating group) is 1. The van der Waals surface area contributed by atoms with Crippen molar-refractivity contribution in [2.75, 3.05) is 27.2 Å². The maximum Gasteiger partial charge on any atom is 0.334 e. The minimum atomic E-state index is -4.80. The Bertz CT molecular complexity index is 812. The third-order valence-electron chi connectivity index (χ3n) is 4.45. The van der Waals surface area contributed by atoms with Crippen LogP contribution in [0.2, 0.25) is 0 Å². The van der Waals surface area contributed by atoms with Gasteiger partial charge in [0.15, 0.2) is 5.25 Å². The first-order chi connectivity index (χ1) is 14.3. The zero-order valence-corrected chi connectivity index (χ0v) is 18.4. The molecule has 1 rings (SSSR count). The molecule has 2 unspecified atom stereocenters. The molecule has 1 heterocycles. The fraction of sp³-hybridized carbons (Fsp3) is 0.706. The Kier molecular flexibility index (Phi) is 10.00. The SMILES string of the molecule is CC(=O)NCCCCC(C(=O)NCCC(=O)ON1C(=O)CC(S(=O)(=O)O)C1=O)N(C)C. The Balaban J connectivity index is 2.44. The Labute approximate surface area is 180 Å². The predicted molar refractivity (Wildman–Crippen MR) is 106 cm³/mol. The van der Waals surface area contributed by atoms with Crippen molar-refractivity contribution in [2.24, 2.45) is 0 Å². The molecule has 0 aromatic heterocycles. The maximum absolute atomic E-state index is 12.4. The molecule has 4 amide bonds. The van der Waals surface area contributed by atoms with Gasteiger partial charge in [-0.15, -0.1) is 5.06 Å². The van der Waals surface area contributed by atoms with Crippen molar-refractivity contribution in [1.82, 2.24) is 20.6 Å². The van der Waals surface area contributed by atoms with Gasteiger partial charge in [-0.05, 0) is 33.4 Å². The molecule has 13 nitrogen and oxygen atoms in total. The minimum absolute atomic E-state index is 0.0142. The van der Waals surface area contributed by atoms with Gasteiger partial charge in [0, 0.05) is 20.0 Å². The summed E-state index contributed by atoms with van der Waals surface area (Å²) in [6, 6.07) is -0.467. The van der Waals surface area contributed by atoms with Crippen LogP contribution in [-0.2, 0) is 38.9 Å². The average molecular weight is 464 g/mol. The summed E-state index contributed by atoms with van der Waals surface area (Å²) in [5.41, 5.74) is 0. The van der Waals surface area contributed by atoms with Crippen molar-refractivity contribution in [3.63, 3.8) is 0 Å². The molecule has 0 radical (unpaired) electrons. The highest BCUT2D eigenvalue weighted by atomic mass is 32.2. The summed E-state index contributed by atoms with van der Waals surface area (Å²) in [6.07, 6.45) is 0.714. The number of carbonyl (C=O) groups excluding carboxylic acids is 5. The molecule has 0 aromatic rings. The molecule has 176 valence electrons. The second kappa shape index (κ2) is 11.7. The highest BCUT2D eigenvalue weighted by Crippen LogP contribution is 2.19. The van der Waals surface area contributed by atoms with E-state index in [0.29, 0.717) is 25.8 Å². The first-order valence-corrected chi connectivity index (χ1v) is 11.1. The average Bonchev–Trinajstić information content (AvgIpc) is 2.92. The van der Waals surface area contributed by atoms with Crippen LogP contribution in [0.3, 0.4) is 0 Å². The van der Waals surface area contributed by atoms with E-state index < -0.39 is 45.6 Å². The molecule has 0 bridgehead atoms. The van der Waals surface area contributed by atoms with Gasteiger partial charge in [-0.1, -0.05) is 0 Å². The first-order valence-electron chi connectivity index (χ1n) is 9.57. The molecule has 2 atom stereocenters. The van der Waals surface area contributed by atoms with E-state index in [4.69, 9.17) is 4.55 Å². The highest BCUT2D eigenvalue weighted by molar-refractivity contribution is 7.87. The number of unbranched alkanes of at least 4 members (excludes halogenated alkanes) is 1. The van der Waals surface area contributed by atoms with Crippen LogP contribution in [0.1, 0.15) is 39.0 Å². The Morgan fingerprint density at radius 3 is 2.35 bits per heavy atom. The number of hydrogen-bond acceptors (Lipinski definition) is 9. The van der Waals surface area contributed by atoms with Gasteiger partial charge in [0.05, 0.1) is 18.9 Å². The second-order valence-corrected chi connectivity index (χ2v) is 8.80. The number of carbonyl (C=O) groups is 5. The van der Waals surface area contributed by atoms with Gasteiger partial charge in [0.2, 0.25) is 11.8 Å². The van der Waals surface area contributed by atoms with Crippen LogP contribution < -0.4 is 10.6 Å². The Hall–Kier alpha value is -2.58. The van der Waals surface area contributed by atoms with E-state index in [1.54, 1.807) is 19.0 Å². The number of amides is 4. The molecule has 0 spiro atoms. The zero-order chi connectivity index (χ0) is 23.8. The second-order valence-electron chi connectivity index (χ2n) is 7.20. The lowest BCUT2D eigenvalue weighted by atomic mass is 10.1. The van der Waals surface area contributed by atoms with E-state index in [1.165, 1.54) is 6.92 Å². The summed E-state index contributed by atoms with van der Waals surface area (Å²) in [5.74, 6) is -3.92. The molecule has 3 N–H and O–H groups in total. The van der Waals surface area contributed by atoms with Crippen LogP contribution >= 0.6 is 0 Å². The molecule has 31 heavy (non-hydrogen) atoms. The third kappa shape index (κ3) is 8.59. The lowest BCUT2D eigenvalue weighted by Crippen LogP contribution is -2.44. The summed E-state index contributed by atoms with van der Waals surface area (Å²) in [6.45, 7) is 1.80. The number of hydrogen-bond donors (Lipinski definition) is 3. The number of rotatable bonds is 12. The predicted octanol–water partition coefficient (Wildman–Crippen LogP) is -1.80. The monoisotopic (exact) mass is 464 g/mol. The van der Waals surface area contributed by atoms with E-state index >= 15 is 0 Å². The number of hydroxylamine groups is 2. The number of nitrogens with one attached hydrogen (secondary N) is 2. The number of imide groups is 1. The van der Waals surface area contributed by atoms with Crippen LogP contribution in [0.25, 0.3) is 0 Å². The summed E-state index contributed by atoms with van der Waals surface area (Å²) < 4.78 is 31.1. The molecule has 14 heteroatoms. The van der Waals surface area contributed by atoms with Crippen molar-refractivity contribution < 1.29 is 41.8 Å². The summed E-state index contributed by atoms with van der Waals surface area (Å²) >= 11 is 0. The highest BCUT2D eigenvalue weighted by Gasteiger charge is 2.48. The fourth-order valence-corrected chi connectivity index (χ4v) is 3.52. The van der Waals surface area contributed by atoms with Gasteiger partial charge in [-0.2, -0.15) is 8.42 Å². The Morgan fingerprint density at radius 1 is 1.19 bits per heavy atom. The van der Waals surface area contributed by atoms with Crippen molar-refractivity contribution in [3.8, 4) is 0 Å². The van der Waals surface area contributed by atoms with Crippen LogP contribution in [-0.4, -0.2) is 91.0 Å². The van der Waals surface area contributed by atoms with Gasteiger partial charge < -0.3 is 15.5 Å². The maximum atomic E-state index is 12.4. The fourth-order valence-electron chi connectivity index (χ4n) is 2.82. The molecule has 1 aliphatic rings. The van der Waals surface area contributed by atoms with Crippen LogP contribution in [0.5, 0.6) is 0 Å². The van der Waals surface area contributed by atoms with Gasteiger partial charge in [0.25, 0.3) is 21.9 Å². The van der Waals surface area contributed by atoms with Gasteiger partial charge >= 0.3 is 5.97 Å². The molecular formula is C17H28N4O9S.